The highest BCUT2D eigenvalue weighted by Crippen LogP contribution is 2.69. The summed E-state index contributed by atoms with van der Waals surface area (Å²) >= 11 is 0. The number of aryl methyl sites for hydroxylation is 2. The molecule has 1 spiro atoms. The fourth-order valence-corrected chi connectivity index (χ4v) is 9.99. The van der Waals surface area contributed by atoms with E-state index in [9.17, 15) is 13.2 Å². The Morgan fingerprint density at radius 1 is 1.02 bits per heavy atom. The van der Waals surface area contributed by atoms with E-state index in [4.69, 9.17) is 19.7 Å². The third-order valence-corrected chi connectivity index (χ3v) is 12.4. The van der Waals surface area contributed by atoms with Gasteiger partial charge >= 0.3 is 6.01 Å². The molecule has 4 aromatic rings. The van der Waals surface area contributed by atoms with Gasteiger partial charge in [-0.2, -0.15) is 9.97 Å². The molecule has 2 bridgehead atoms. The minimum Gasteiger partial charge on any atom is -0.461 e. The number of nitrogens with zero attached hydrogens (tertiary/aromatic N) is 5. The normalized spacial score (nSPS) is 31.9. The van der Waals surface area contributed by atoms with E-state index in [1.807, 2.05) is 12.1 Å². The van der Waals surface area contributed by atoms with Crippen LogP contribution in [0.4, 0.5) is 23.4 Å². The molecule has 11 heteroatoms. The number of aromatic nitrogens is 3. The van der Waals surface area contributed by atoms with Gasteiger partial charge in [-0.25, -0.2) is 22.5 Å². The van der Waals surface area contributed by atoms with E-state index in [2.05, 4.69) is 15.1 Å². The van der Waals surface area contributed by atoms with Gasteiger partial charge in [0.2, 0.25) is 0 Å². The largest absolute Gasteiger partial charge is 0.461 e. The molecular formula is C36H36F4N6O. The van der Waals surface area contributed by atoms with Gasteiger partial charge in [-0.3, -0.25) is 4.90 Å². The standard InChI is InChI=1S/C36H36F4N6O/c1-19-23(37)8-6-20-4-2-5-22(27(19)20)30-29(38)31-28-25(42-30)10-11-26-24-9-7-21(41-24)14-46(26)32(28)44-33(43-31)47-18-35-12-3-13-45(35)17-34(15-35)16-36(34,39)40/h2,4-6,8,21,24,26,41H,3,7,9-18H2,1H3/t21-,24+,26-,34+,35+/m1/s1. The summed E-state index contributed by atoms with van der Waals surface area (Å²) < 4.78 is 67.3. The molecule has 1 aliphatic carbocycles. The number of nitrogens with one attached hydrogen (secondary N) is 1. The summed E-state index contributed by atoms with van der Waals surface area (Å²) in [5.74, 6) is -2.95. The van der Waals surface area contributed by atoms with Crippen LogP contribution in [0.25, 0.3) is 32.9 Å². The lowest BCUT2D eigenvalue weighted by Gasteiger charge is -2.41. The molecule has 0 radical (unpaired) electrons. The maximum atomic E-state index is 17.1. The number of ether oxygens (including phenoxy) is 1. The van der Waals surface area contributed by atoms with E-state index in [0.29, 0.717) is 59.2 Å². The number of benzene rings is 2. The first-order valence-electron chi connectivity index (χ1n) is 17.0. The minimum absolute atomic E-state index is 0.0610. The Morgan fingerprint density at radius 2 is 1.89 bits per heavy atom. The van der Waals surface area contributed by atoms with Crippen molar-refractivity contribution in [3.05, 3.63) is 53.2 Å². The Morgan fingerprint density at radius 3 is 2.74 bits per heavy atom. The second kappa shape index (κ2) is 9.53. The second-order valence-electron chi connectivity index (χ2n) is 15.0. The van der Waals surface area contributed by atoms with Crippen molar-refractivity contribution >= 4 is 27.5 Å². The maximum Gasteiger partial charge on any atom is 0.319 e. The summed E-state index contributed by atoms with van der Waals surface area (Å²) in [4.78, 5) is 19.2. The van der Waals surface area contributed by atoms with Gasteiger partial charge in [0.1, 0.15) is 29.5 Å². The van der Waals surface area contributed by atoms with Crippen LogP contribution in [0, 0.1) is 24.0 Å². The van der Waals surface area contributed by atoms with Gasteiger partial charge in [0.05, 0.1) is 22.0 Å². The highest BCUT2D eigenvalue weighted by molar-refractivity contribution is 6.01. The number of alkyl halides is 2. The van der Waals surface area contributed by atoms with Crippen LogP contribution in [0.1, 0.15) is 56.2 Å². The number of fused-ring (bicyclic) bond motifs is 7. The predicted molar refractivity (Wildman–Crippen MR) is 170 cm³/mol. The number of hydrogen-bond acceptors (Lipinski definition) is 7. The van der Waals surface area contributed by atoms with Crippen molar-refractivity contribution in [2.75, 3.05) is 31.1 Å². The van der Waals surface area contributed by atoms with Crippen molar-refractivity contribution in [2.45, 2.75) is 87.9 Å². The molecule has 4 saturated heterocycles. The number of halogens is 4. The first-order valence-corrected chi connectivity index (χ1v) is 17.0. The molecule has 244 valence electrons. The van der Waals surface area contributed by atoms with Crippen LogP contribution in [-0.4, -0.2) is 75.7 Å². The highest BCUT2D eigenvalue weighted by atomic mass is 19.3. The molecule has 1 N–H and O–H groups in total. The maximum absolute atomic E-state index is 17.1. The third-order valence-electron chi connectivity index (χ3n) is 12.4. The van der Waals surface area contributed by atoms with Crippen LogP contribution in [0.2, 0.25) is 0 Å². The summed E-state index contributed by atoms with van der Waals surface area (Å²) in [6, 6.07) is 9.49. The van der Waals surface area contributed by atoms with Gasteiger partial charge in [-0.05, 0) is 80.8 Å². The Balaban J connectivity index is 1.13. The average molecular weight is 645 g/mol. The molecule has 10 rings (SSSR count). The van der Waals surface area contributed by atoms with Gasteiger partial charge in [-0.15, -0.1) is 0 Å². The van der Waals surface area contributed by atoms with E-state index in [0.717, 1.165) is 56.3 Å². The molecule has 2 aromatic carbocycles. The number of hydrogen-bond donors (Lipinski definition) is 1. The van der Waals surface area contributed by atoms with Crippen LogP contribution >= 0.6 is 0 Å². The zero-order valence-electron chi connectivity index (χ0n) is 26.3. The molecule has 2 aromatic heterocycles. The number of anilines is 1. The van der Waals surface area contributed by atoms with E-state index >= 15 is 4.39 Å². The van der Waals surface area contributed by atoms with Gasteiger partial charge in [0.15, 0.2) is 5.82 Å². The van der Waals surface area contributed by atoms with Crippen molar-refractivity contribution in [1.29, 1.82) is 0 Å². The molecule has 5 aliphatic heterocycles. The predicted octanol–water partition coefficient (Wildman–Crippen LogP) is 6.33. The lowest BCUT2D eigenvalue weighted by atomic mass is 9.89. The first kappa shape index (κ1) is 28.4. The summed E-state index contributed by atoms with van der Waals surface area (Å²) in [5, 5.41) is 5.79. The molecular weight excluding hydrogens is 608 g/mol. The molecule has 7 nitrogen and oxygen atoms in total. The Kier molecular flexibility index (Phi) is 5.77. The fraction of sp³-hybridized carbons (Fsp3) is 0.528. The van der Waals surface area contributed by atoms with Gasteiger partial charge in [-0.1, -0.05) is 24.3 Å². The molecule has 47 heavy (non-hydrogen) atoms. The van der Waals surface area contributed by atoms with Crippen LogP contribution in [0.5, 0.6) is 6.01 Å². The average Bonchev–Trinajstić information content (AvgIpc) is 3.36. The zero-order valence-corrected chi connectivity index (χ0v) is 26.3. The molecule has 6 aliphatic rings. The van der Waals surface area contributed by atoms with Crippen LogP contribution in [0.15, 0.2) is 30.3 Å². The van der Waals surface area contributed by atoms with Crippen molar-refractivity contribution < 1.29 is 22.3 Å². The molecule has 7 heterocycles. The third kappa shape index (κ3) is 3.95. The lowest BCUT2D eigenvalue weighted by Crippen LogP contribution is -2.58. The fourth-order valence-electron chi connectivity index (χ4n) is 9.99. The molecule has 0 unspecified atom stereocenters. The van der Waals surface area contributed by atoms with E-state index in [-0.39, 0.29) is 42.1 Å². The molecule has 0 amide bonds. The van der Waals surface area contributed by atoms with Crippen LogP contribution < -0.4 is 15.0 Å². The molecule has 5 fully saturated rings. The Labute approximate surface area is 269 Å². The summed E-state index contributed by atoms with van der Waals surface area (Å²) in [5.41, 5.74) is 0.492. The van der Waals surface area contributed by atoms with Crippen molar-refractivity contribution in [3.8, 4) is 17.3 Å². The van der Waals surface area contributed by atoms with E-state index < -0.39 is 22.7 Å². The Hall–Kier alpha value is -3.57. The van der Waals surface area contributed by atoms with Gasteiger partial charge in [0, 0.05) is 43.2 Å². The molecule has 1 saturated carbocycles. The van der Waals surface area contributed by atoms with Gasteiger partial charge in [0.25, 0.3) is 5.92 Å². The summed E-state index contributed by atoms with van der Waals surface area (Å²) in [7, 11) is 0. The zero-order chi connectivity index (χ0) is 31.9. The molecule has 5 atom stereocenters. The topological polar surface area (TPSA) is 66.4 Å². The minimum atomic E-state index is -2.63. The van der Waals surface area contributed by atoms with Crippen LogP contribution in [0.3, 0.4) is 0 Å². The number of piperazine rings is 1. The first-order chi connectivity index (χ1) is 22.7. The van der Waals surface area contributed by atoms with Gasteiger partial charge < -0.3 is 15.0 Å². The van der Waals surface area contributed by atoms with Crippen molar-refractivity contribution in [3.63, 3.8) is 0 Å². The smallest absolute Gasteiger partial charge is 0.319 e. The van der Waals surface area contributed by atoms with Crippen molar-refractivity contribution in [2.24, 2.45) is 5.41 Å². The van der Waals surface area contributed by atoms with Crippen LogP contribution in [-0.2, 0) is 6.42 Å². The SMILES string of the molecule is Cc1c(F)ccc2cccc(-c3nc4c5c(nc(OC[C@@]67CCCN6C[C@@]6(CC6(F)F)C7)nc5c3F)N3C[C@H]5CC[C@H](N5)[C@H]3CC4)c12. The van der Waals surface area contributed by atoms with Crippen molar-refractivity contribution in [1.82, 2.24) is 25.2 Å². The quantitative estimate of drug-likeness (QED) is 0.261. The number of rotatable bonds is 4. The second-order valence-corrected chi connectivity index (χ2v) is 15.0. The lowest BCUT2D eigenvalue weighted by molar-refractivity contribution is 0.0647. The summed E-state index contributed by atoms with van der Waals surface area (Å²) in [6.45, 7) is 3.79. The highest BCUT2D eigenvalue weighted by Gasteiger charge is 2.77. The number of pyridine rings is 1. The monoisotopic (exact) mass is 644 g/mol. The summed E-state index contributed by atoms with van der Waals surface area (Å²) in [6.07, 6.45) is 5.62. The van der Waals surface area contributed by atoms with E-state index in [1.165, 1.54) is 6.07 Å². The Bertz CT molecular complexity index is 2010. The van der Waals surface area contributed by atoms with E-state index in [1.54, 1.807) is 19.1 Å².